The van der Waals surface area contributed by atoms with Crippen molar-refractivity contribution in [3.8, 4) is 0 Å². The van der Waals surface area contributed by atoms with Crippen LogP contribution in [0.4, 0.5) is 0 Å². The van der Waals surface area contributed by atoms with Crippen LogP contribution < -0.4 is 0 Å². The Morgan fingerprint density at radius 2 is 2.20 bits per heavy atom. The van der Waals surface area contributed by atoms with Gasteiger partial charge in [0, 0.05) is 5.75 Å². The summed E-state index contributed by atoms with van der Waals surface area (Å²) in [5.41, 5.74) is -0.528. The second-order valence-corrected chi connectivity index (χ2v) is 3.57. The third kappa shape index (κ3) is 2.31. The number of Topliss-reactive ketones (excluding diaryl/α,β-unsaturated/α-hetero) is 1. The molecule has 0 aromatic rings. The summed E-state index contributed by atoms with van der Waals surface area (Å²) in [6.45, 7) is 3.25. The van der Waals surface area contributed by atoms with Crippen LogP contribution in [0.25, 0.3) is 0 Å². The Balaban J connectivity index is 4.08. The van der Waals surface area contributed by atoms with E-state index in [1.54, 1.807) is 18.7 Å². The van der Waals surface area contributed by atoms with E-state index in [0.717, 1.165) is 0 Å². The molecule has 60 valence electrons. The minimum absolute atomic E-state index is 0.0524. The van der Waals surface area contributed by atoms with E-state index in [1.807, 2.05) is 6.26 Å². The van der Waals surface area contributed by atoms with E-state index in [4.69, 9.17) is 5.11 Å². The van der Waals surface area contributed by atoms with Crippen molar-refractivity contribution in [1.29, 1.82) is 0 Å². The average Bonchev–Trinajstić information content (AvgIpc) is 1.88. The smallest absolute Gasteiger partial charge is 0.138 e. The number of aliphatic hydroxyl groups is 1. The summed E-state index contributed by atoms with van der Waals surface area (Å²) in [6, 6.07) is 0. The van der Waals surface area contributed by atoms with Gasteiger partial charge in [-0.3, -0.25) is 4.79 Å². The molecule has 2 nitrogen and oxygen atoms in total. The van der Waals surface area contributed by atoms with Crippen molar-refractivity contribution in [2.24, 2.45) is 5.41 Å². The lowest BCUT2D eigenvalue weighted by Gasteiger charge is -2.22. The predicted molar refractivity (Wildman–Crippen MR) is 44.3 cm³/mol. The summed E-state index contributed by atoms with van der Waals surface area (Å²) in [5, 5.41) is 8.85. The molecule has 0 amide bonds. The van der Waals surface area contributed by atoms with Gasteiger partial charge in [0.05, 0.1) is 12.0 Å². The molecule has 1 N–H and O–H groups in total. The second-order valence-electron chi connectivity index (χ2n) is 2.71. The predicted octanol–water partition coefficient (Wildman–Crippen LogP) is 0.937. The molecule has 1 unspecified atom stereocenters. The number of rotatable bonds is 4. The molecule has 0 aliphatic heterocycles. The molecule has 0 heterocycles. The molecule has 0 aliphatic carbocycles. The van der Waals surface area contributed by atoms with Gasteiger partial charge in [-0.15, -0.1) is 0 Å². The number of carbonyl (C=O) groups is 1. The summed E-state index contributed by atoms with van der Waals surface area (Å²) in [7, 11) is 0. The maximum Gasteiger partial charge on any atom is 0.138 e. The molecule has 0 bridgehead atoms. The molecule has 10 heavy (non-hydrogen) atoms. The molecule has 0 saturated heterocycles. The minimum atomic E-state index is -0.528. The van der Waals surface area contributed by atoms with Crippen LogP contribution in [0, 0.1) is 5.41 Å². The molecule has 0 aliphatic rings. The Morgan fingerprint density at radius 3 is 2.30 bits per heavy atom. The highest BCUT2D eigenvalue weighted by molar-refractivity contribution is 7.98. The SMILES string of the molecule is CSCC(C)(CO)C(C)=O. The molecule has 3 heteroatoms. The molecule has 0 fully saturated rings. The Morgan fingerprint density at radius 1 is 1.70 bits per heavy atom. The standard InChI is InChI=1S/C7H14O2S/c1-6(9)7(2,4-8)5-10-3/h8H,4-5H2,1-3H3. The van der Waals surface area contributed by atoms with E-state index in [2.05, 4.69) is 0 Å². The third-order valence-electron chi connectivity index (χ3n) is 1.66. The highest BCUT2D eigenvalue weighted by Gasteiger charge is 2.27. The topological polar surface area (TPSA) is 37.3 Å². The van der Waals surface area contributed by atoms with Gasteiger partial charge in [0.15, 0.2) is 0 Å². The zero-order chi connectivity index (χ0) is 8.20. The summed E-state index contributed by atoms with van der Waals surface area (Å²) in [5.74, 6) is 0.753. The summed E-state index contributed by atoms with van der Waals surface area (Å²) in [4.78, 5) is 10.9. The van der Waals surface area contributed by atoms with Crippen LogP contribution in [0.3, 0.4) is 0 Å². The lowest BCUT2D eigenvalue weighted by Crippen LogP contribution is -2.32. The number of carbonyl (C=O) groups excluding carboxylic acids is 1. The third-order valence-corrected chi connectivity index (χ3v) is 2.59. The van der Waals surface area contributed by atoms with Crippen LogP contribution in [-0.2, 0) is 4.79 Å². The van der Waals surface area contributed by atoms with Crippen LogP contribution in [0.15, 0.2) is 0 Å². The van der Waals surface area contributed by atoms with Crippen LogP contribution >= 0.6 is 11.8 Å². The first-order valence-electron chi connectivity index (χ1n) is 3.17. The summed E-state index contributed by atoms with van der Waals surface area (Å²) >= 11 is 1.58. The molecule has 0 radical (unpaired) electrons. The molecule has 0 aromatic carbocycles. The van der Waals surface area contributed by atoms with Crippen molar-refractivity contribution in [1.82, 2.24) is 0 Å². The molecule has 0 rings (SSSR count). The van der Waals surface area contributed by atoms with E-state index in [-0.39, 0.29) is 12.4 Å². The molecular formula is C7H14O2S. The van der Waals surface area contributed by atoms with E-state index >= 15 is 0 Å². The van der Waals surface area contributed by atoms with Gasteiger partial charge in [0.2, 0.25) is 0 Å². The van der Waals surface area contributed by atoms with Gasteiger partial charge in [-0.05, 0) is 20.1 Å². The monoisotopic (exact) mass is 162 g/mol. The molecule has 0 saturated carbocycles. The quantitative estimate of drug-likeness (QED) is 0.668. The van der Waals surface area contributed by atoms with Crippen LogP contribution in [0.2, 0.25) is 0 Å². The maximum absolute atomic E-state index is 10.9. The van der Waals surface area contributed by atoms with Gasteiger partial charge in [-0.25, -0.2) is 0 Å². The van der Waals surface area contributed by atoms with Crippen molar-refractivity contribution in [3.63, 3.8) is 0 Å². The summed E-state index contributed by atoms with van der Waals surface area (Å²) in [6.07, 6.45) is 1.93. The fourth-order valence-corrected chi connectivity index (χ4v) is 1.51. The van der Waals surface area contributed by atoms with Crippen LogP contribution in [0.5, 0.6) is 0 Å². The van der Waals surface area contributed by atoms with Crippen LogP contribution in [0.1, 0.15) is 13.8 Å². The zero-order valence-corrected chi connectivity index (χ0v) is 7.49. The lowest BCUT2D eigenvalue weighted by atomic mass is 9.90. The first-order valence-corrected chi connectivity index (χ1v) is 4.57. The zero-order valence-electron chi connectivity index (χ0n) is 6.68. The molecule has 1 atom stereocenters. The lowest BCUT2D eigenvalue weighted by molar-refractivity contribution is -0.126. The highest BCUT2D eigenvalue weighted by Crippen LogP contribution is 2.21. The normalized spacial score (nSPS) is 16.4. The Labute approximate surface area is 66.0 Å². The van der Waals surface area contributed by atoms with Gasteiger partial charge in [-0.2, -0.15) is 11.8 Å². The van der Waals surface area contributed by atoms with Crippen molar-refractivity contribution < 1.29 is 9.90 Å². The first-order chi connectivity index (χ1) is 4.56. The second kappa shape index (κ2) is 3.98. The van der Waals surface area contributed by atoms with Gasteiger partial charge in [0.1, 0.15) is 5.78 Å². The van der Waals surface area contributed by atoms with E-state index in [9.17, 15) is 4.79 Å². The molecular weight excluding hydrogens is 148 g/mol. The maximum atomic E-state index is 10.9. The van der Waals surface area contributed by atoms with E-state index < -0.39 is 5.41 Å². The molecule has 0 spiro atoms. The number of aliphatic hydroxyl groups excluding tert-OH is 1. The minimum Gasteiger partial charge on any atom is -0.395 e. The van der Waals surface area contributed by atoms with Gasteiger partial charge >= 0.3 is 0 Å². The highest BCUT2D eigenvalue weighted by atomic mass is 32.2. The van der Waals surface area contributed by atoms with Gasteiger partial charge < -0.3 is 5.11 Å². The number of thioether (sulfide) groups is 1. The Bertz CT molecular complexity index is 125. The van der Waals surface area contributed by atoms with Crippen LogP contribution in [-0.4, -0.2) is 29.5 Å². The fourth-order valence-electron chi connectivity index (χ4n) is 0.577. The van der Waals surface area contributed by atoms with Crippen molar-refractivity contribution >= 4 is 17.5 Å². The Hall–Kier alpha value is -0.0200. The van der Waals surface area contributed by atoms with E-state index in [1.165, 1.54) is 6.92 Å². The van der Waals surface area contributed by atoms with Gasteiger partial charge in [0.25, 0.3) is 0 Å². The molecule has 0 aromatic heterocycles. The number of ketones is 1. The van der Waals surface area contributed by atoms with E-state index in [0.29, 0.717) is 5.75 Å². The number of hydrogen-bond acceptors (Lipinski definition) is 3. The fraction of sp³-hybridized carbons (Fsp3) is 0.857. The first kappa shape index (κ1) is 9.98. The van der Waals surface area contributed by atoms with Crippen molar-refractivity contribution in [2.45, 2.75) is 13.8 Å². The largest absolute Gasteiger partial charge is 0.395 e. The van der Waals surface area contributed by atoms with Gasteiger partial charge in [-0.1, -0.05) is 0 Å². The average molecular weight is 162 g/mol. The van der Waals surface area contributed by atoms with Crippen molar-refractivity contribution in [3.05, 3.63) is 0 Å². The van der Waals surface area contributed by atoms with Crippen molar-refractivity contribution in [2.75, 3.05) is 18.6 Å². The summed E-state index contributed by atoms with van der Waals surface area (Å²) < 4.78 is 0. The Kier molecular flexibility index (Phi) is 3.98. The number of hydrogen-bond donors (Lipinski definition) is 1.